The van der Waals surface area contributed by atoms with E-state index in [4.69, 9.17) is 0 Å². The van der Waals surface area contributed by atoms with Crippen molar-refractivity contribution >= 4 is 14.7 Å². The van der Waals surface area contributed by atoms with Crippen LogP contribution in [0.4, 0.5) is 0 Å². The Morgan fingerprint density at radius 1 is 0.913 bits per heavy atom. The lowest BCUT2D eigenvalue weighted by Crippen LogP contribution is -2.23. The van der Waals surface area contributed by atoms with Gasteiger partial charge in [-0.25, -0.2) is 0 Å². The lowest BCUT2D eigenvalue weighted by atomic mass is 10.0. The number of aryl methyl sites for hydroxylation is 1. The average molecular weight is 317 g/mol. The molecule has 0 unspecified atom stereocenters. The van der Waals surface area contributed by atoms with Crippen LogP contribution in [0.2, 0.25) is 0 Å². The van der Waals surface area contributed by atoms with Crippen molar-refractivity contribution in [3.8, 4) is 0 Å². The van der Waals surface area contributed by atoms with Gasteiger partial charge in [-0.15, -0.1) is 0 Å². The highest BCUT2D eigenvalue weighted by Crippen LogP contribution is 2.22. The molecule has 0 heterocycles. The van der Waals surface area contributed by atoms with Gasteiger partial charge in [-0.2, -0.15) is 0 Å². The van der Waals surface area contributed by atoms with Gasteiger partial charge < -0.3 is 0 Å². The van der Waals surface area contributed by atoms with Crippen LogP contribution in [0, 0.1) is 0 Å². The zero-order valence-electron chi connectivity index (χ0n) is 14.1. The Hall–Kier alpha value is -1.86. The molecule has 23 heavy (non-hydrogen) atoms. The number of benzene rings is 2. The molecule has 0 N–H and O–H groups in total. The minimum atomic E-state index is 0.812. The maximum Gasteiger partial charge on any atom is 0.117 e. The molecule has 0 nitrogen and oxygen atoms in total. The molecule has 0 aromatic heterocycles. The first-order chi connectivity index (χ1) is 11.3. The van der Waals surface area contributed by atoms with Crippen LogP contribution >= 0.6 is 0 Å². The van der Waals surface area contributed by atoms with Gasteiger partial charge in [0.25, 0.3) is 0 Å². The number of rotatable bonds is 6. The summed E-state index contributed by atoms with van der Waals surface area (Å²) in [6.45, 7) is 4.55. The zero-order chi connectivity index (χ0) is 16.1. The van der Waals surface area contributed by atoms with E-state index in [1.165, 1.54) is 16.7 Å². The van der Waals surface area contributed by atoms with Gasteiger partial charge in [-0.05, 0) is 47.9 Å². The van der Waals surface area contributed by atoms with E-state index in [1.54, 1.807) is 15.9 Å². The van der Waals surface area contributed by atoms with Crippen LogP contribution in [0.1, 0.15) is 37.0 Å². The molecule has 0 amide bonds. The third-order valence-electron chi connectivity index (χ3n) is 4.56. The summed E-state index contributed by atoms with van der Waals surface area (Å²) in [6.07, 6.45) is 9.13. The standard InChI is InChI=1S/C22H24Si/c1-3-18-12-8-15-22(20(18)4-2)23-21-14-9-13-19(21)16-17-10-6-5-7-11-17/h5-13,15H,3-4,14,16H2,1-2H3. The van der Waals surface area contributed by atoms with Crippen LogP contribution in [0.3, 0.4) is 0 Å². The molecule has 2 aromatic carbocycles. The molecule has 0 bridgehead atoms. The lowest BCUT2D eigenvalue weighted by molar-refractivity contribution is 1.05. The Morgan fingerprint density at radius 2 is 1.74 bits per heavy atom. The highest BCUT2D eigenvalue weighted by molar-refractivity contribution is 6.62. The molecule has 1 heteroatoms. The summed E-state index contributed by atoms with van der Waals surface area (Å²) in [5, 5.41) is 3.17. The van der Waals surface area contributed by atoms with Crippen LogP contribution in [0.15, 0.2) is 71.5 Å². The van der Waals surface area contributed by atoms with Gasteiger partial charge in [-0.3, -0.25) is 0 Å². The number of hydrogen-bond donors (Lipinski definition) is 0. The molecule has 1 aliphatic rings. The Labute approximate surface area is 142 Å². The summed E-state index contributed by atoms with van der Waals surface area (Å²) >= 11 is 0. The van der Waals surface area contributed by atoms with Gasteiger partial charge in [0, 0.05) is 0 Å². The van der Waals surface area contributed by atoms with E-state index >= 15 is 0 Å². The maximum absolute atomic E-state index is 2.34. The topological polar surface area (TPSA) is 0 Å². The first-order valence-corrected chi connectivity index (χ1v) is 9.62. The largest absolute Gasteiger partial charge is 0.117 e. The predicted octanol–water partition coefficient (Wildman–Crippen LogP) is 4.60. The van der Waals surface area contributed by atoms with Crippen LogP contribution in [-0.2, 0) is 19.3 Å². The van der Waals surface area contributed by atoms with Crippen molar-refractivity contribution in [3.05, 3.63) is 88.1 Å². The molecule has 0 fully saturated rings. The van der Waals surface area contributed by atoms with Gasteiger partial charge >= 0.3 is 0 Å². The predicted molar refractivity (Wildman–Crippen MR) is 102 cm³/mol. The fraction of sp³-hybridized carbons (Fsp3) is 0.273. The Kier molecular flexibility index (Phi) is 5.30. The van der Waals surface area contributed by atoms with Crippen molar-refractivity contribution in [2.24, 2.45) is 0 Å². The van der Waals surface area contributed by atoms with Crippen LogP contribution in [-0.4, -0.2) is 9.52 Å². The zero-order valence-corrected chi connectivity index (χ0v) is 15.1. The van der Waals surface area contributed by atoms with Crippen LogP contribution < -0.4 is 5.19 Å². The lowest BCUT2D eigenvalue weighted by Gasteiger charge is -2.14. The third-order valence-corrected chi connectivity index (χ3v) is 6.12. The van der Waals surface area contributed by atoms with Gasteiger partial charge in [0.2, 0.25) is 0 Å². The maximum atomic E-state index is 2.34. The first kappa shape index (κ1) is 16.0. The molecule has 116 valence electrons. The van der Waals surface area contributed by atoms with E-state index in [-0.39, 0.29) is 0 Å². The SMILES string of the molecule is CCc1cccc([Si]C2=C(Cc3ccccc3)C=CC2)c1CC. The normalized spacial score (nSPS) is 13.8. The minimum absolute atomic E-state index is 0.812. The summed E-state index contributed by atoms with van der Waals surface area (Å²) in [5.41, 5.74) is 6.04. The van der Waals surface area contributed by atoms with Crippen LogP contribution in [0.5, 0.6) is 0 Å². The Morgan fingerprint density at radius 3 is 2.48 bits per heavy atom. The Bertz CT molecular complexity index is 723. The molecule has 0 saturated carbocycles. The van der Waals surface area contributed by atoms with E-state index in [9.17, 15) is 0 Å². The summed E-state index contributed by atoms with van der Waals surface area (Å²) in [4.78, 5) is 0. The fourth-order valence-corrected chi connectivity index (χ4v) is 4.87. The summed E-state index contributed by atoms with van der Waals surface area (Å²) in [5.74, 6) is 0. The summed E-state index contributed by atoms with van der Waals surface area (Å²) < 4.78 is 0. The van der Waals surface area contributed by atoms with Gasteiger partial charge in [-0.1, -0.05) is 84.9 Å². The van der Waals surface area contributed by atoms with E-state index in [2.05, 4.69) is 74.5 Å². The van der Waals surface area contributed by atoms with Crippen molar-refractivity contribution in [2.45, 2.75) is 39.5 Å². The number of allylic oxidation sites excluding steroid dienone is 4. The molecule has 0 spiro atoms. The van der Waals surface area contributed by atoms with Crippen molar-refractivity contribution in [3.63, 3.8) is 0 Å². The molecule has 2 aromatic rings. The van der Waals surface area contributed by atoms with Crippen molar-refractivity contribution in [2.75, 3.05) is 0 Å². The first-order valence-electron chi connectivity index (χ1n) is 8.62. The molecular formula is C22H24Si. The summed E-state index contributed by atoms with van der Waals surface area (Å²) in [7, 11) is 0.812. The molecule has 0 atom stereocenters. The van der Waals surface area contributed by atoms with Crippen molar-refractivity contribution in [1.29, 1.82) is 0 Å². The quantitative estimate of drug-likeness (QED) is 0.683. The van der Waals surface area contributed by atoms with Crippen molar-refractivity contribution < 1.29 is 0 Å². The smallest absolute Gasteiger partial charge is 0.0806 e. The molecule has 1 aliphatic carbocycles. The monoisotopic (exact) mass is 316 g/mol. The fourth-order valence-electron chi connectivity index (χ4n) is 3.33. The van der Waals surface area contributed by atoms with Gasteiger partial charge in [0.05, 0.1) is 0 Å². The molecule has 0 saturated heterocycles. The molecular weight excluding hydrogens is 292 g/mol. The second-order valence-corrected chi connectivity index (χ2v) is 7.44. The average Bonchev–Trinajstić information content (AvgIpc) is 3.02. The third kappa shape index (κ3) is 3.73. The van der Waals surface area contributed by atoms with E-state index in [0.29, 0.717) is 0 Å². The highest BCUT2D eigenvalue weighted by Gasteiger charge is 2.14. The van der Waals surface area contributed by atoms with E-state index in [1.807, 2.05) is 0 Å². The molecule has 0 aliphatic heterocycles. The second kappa shape index (κ2) is 7.61. The van der Waals surface area contributed by atoms with Gasteiger partial charge in [0.15, 0.2) is 0 Å². The highest BCUT2D eigenvalue weighted by atomic mass is 28.2. The second-order valence-electron chi connectivity index (χ2n) is 6.05. The molecule has 2 radical (unpaired) electrons. The van der Waals surface area contributed by atoms with Crippen molar-refractivity contribution in [1.82, 2.24) is 0 Å². The van der Waals surface area contributed by atoms with Crippen LogP contribution in [0.25, 0.3) is 0 Å². The van der Waals surface area contributed by atoms with Gasteiger partial charge in [0.1, 0.15) is 9.52 Å². The van der Waals surface area contributed by atoms with E-state index in [0.717, 1.165) is 35.2 Å². The molecule has 3 rings (SSSR count). The van der Waals surface area contributed by atoms with E-state index < -0.39 is 0 Å². The minimum Gasteiger partial charge on any atom is -0.0806 e. The number of hydrogen-bond acceptors (Lipinski definition) is 0. The Balaban J connectivity index is 1.85. The summed E-state index contributed by atoms with van der Waals surface area (Å²) in [6, 6.07) is 17.7.